The van der Waals surface area contributed by atoms with Crippen molar-refractivity contribution in [3.8, 4) is 0 Å². The van der Waals surface area contributed by atoms with Crippen LogP contribution in [0.25, 0.3) is 21.8 Å². The van der Waals surface area contributed by atoms with Gasteiger partial charge >= 0.3 is 5.97 Å². The molecule has 0 atom stereocenters. The van der Waals surface area contributed by atoms with E-state index in [1.165, 1.54) is 7.11 Å². The molecule has 0 spiro atoms. The molecule has 0 fully saturated rings. The number of amides is 1. The molecule has 1 amide bonds. The summed E-state index contributed by atoms with van der Waals surface area (Å²) < 4.78 is 4.69. The van der Waals surface area contributed by atoms with Crippen LogP contribution in [-0.2, 0) is 4.74 Å². The van der Waals surface area contributed by atoms with Gasteiger partial charge < -0.3 is 9.72 Å². The summed E-state index contributed by atoms with van der Waals surface area (Å²) in [7, 11) is 1.32. The number of pyridine rings is 1. The number of esters is 1. The summed E-state index contributed by atoms with van der Waals surface area (Å²) in [5.74, 6) is -0.536. The Hall–Kier alpha value is -3.74. The summed E-state index contributed by atoms with van der Waals surface area (Å²) in [5, 5.41) is 4.58. The van der Waals surface area contributed by atoms with E-state index in [1.807, 2.05) is 24.3 Å². The highest BCUT2D eigenvalue weighted by atomic mass is 16.5. The lowest BCUT2D eigenvalue weighted by atomic mass is 10.1. The van der Waals surface area contributed by atoms with Crippen molar-refractivity contribution < 1.29 is 14.3 Å². The average Bonchev–Trinajstić information content (AvgIpc) is 3.08. The second kappa shape index (κ2) is 6.29. The van der Waals surface area contributed by atoms with Crippen LogP contribution in [0.4, 0.5) is 5.95 Å². The molecule has 4 aromatic rings. The van der Waals surface area contributed by atoms with Gasteiger partial charge in [0.25, 0.3) is 5.91 Å². The highest BCUT2D eigenvalue weighted by molar-refractivity contribution is 6.04. The quantitative estimate of drug-likeness (QED) is 0.556. The zero-order valence-corrected chi connectivity index (χ0v) is 13.8. The minimum absolute atomic E-state index is 0.280. The van der Waals surface area contributed by atoms with Crippen molar-refractivity contribution in [3.63, 3.8) is 0 Å². The number of rotatable bonds is 3. The smallest absolute Gasteiger partial charge is 0.337 e. The molecular weight excluding hydrogens is 332 g/mol. The van der Waals surface area contributed by atoms with Gasteiger partial charge in [0.1, 0.15) is 5.69 Å². The number of aromatic nitrogens is 3. The highest BCUT2D eigenvalue weighted by Crippen LogP contribution is 2.18. The number of nitrogens with one attached hydrogen (secondary N) is 2. The number of nitrogens with zero attached hydrogens (tertiary/aromatic N) is 2. The summed E-state index contributed by atoms with van der Waals surface area (Å²) in [5.41, 5.74) is 1.93. The third kappa shape index (κ3) is 2.86. The van der Waals surface area contributed by atoms with E-state index in [0.717, 1.165) is 10.8 Å². The van der Waals surface area contributed by atoms with Crippen molar-refractivity contribution in [1.29, 1.82) is 0 Å². The van der Waals surface area contributed by atoms with Gasteiger partial charge in [0.2, 0.25) is 5.95 Å². The first-order valence-electron chi connectivity index (χ1n) is 7.88. The van der Waals surface area contributed by atoms with Crippen molar-refractivity contribution in [2.45, 2.75) is 0 Å². The molecule has 0 unspecified atom stereocenters. The molecule has 2 aromatic heterocycles. The average molecular weight is 346 g/mol. The Morgan fingerprint density at radius 2 is 1.88 bits per heavy atom. The van der Waals surface area contributed by atoms with Crippen LogP contribution in [0, 0.1) is 0 Å². The van der Waals surface area contributed by atoms with Crippen LogP contribution in [0.5, 0.6) is 0 Å². The molecule has 128 valence electrons. The van der Waals surface area contributed by atoms with Crippen LogP contribution < -0.4 is 5.32 Å². The molecule has 0 aliphatic rings. The maximum absolute atomic E-state index is 12.4. The second-order valence-corrected chi connectivity index (χ2v) is 5.68. The zero-order chi connectivity index (χ0) is 18.1. The number of carbonyl (C=O) groups excluding carboxylic acids is 2. The molecule has 0 saturated carbocycles. The van der Waals surface area contributed by atoms with E-state index < -0.39 is 5.97 Å². The number of hydrogen-bond donors (Lipinski definition) is 2. The van der Waals surface area contributed by atoms with Crippen molar-refractivity contribution in [2.24, 2.45) is 0 Å². The van der Waals surface area contributed by atoms with E-state index in [2.05, 4.69) is 20.3 Å². The van der Waals surface area contributed by atoms with Gasteiger partial charge in [-0.1, -0.05) is 24.3 Å². The Kier molecular flexibility index (Phi) is 3.81. The number of methoxy groups -OCH3 is 1. The van der Waals surface area contributed by atoms with Crippen molar-refractivity contribution in [2.75, 3.05) is 12.4 Å². The molecule has 7 heteroatoms. The lowest BCUT2D eigenvalue weighted by molar-refractivity contribution is 0.0600. The topological polar surface area (TPSA) is 97.0 Å². The fourth-order valence-electron chi connectivity index (χ4n) is 2.69. The third-order valence-corrected chi connectivity index (χ3v) is 4.00. The molecule has 0 saturated heterocycles. The second-order valence-electron chi connectivity index (χ2n) is 5.68. The molecule has 2 aromatic carbocycles. The molecule has 26 heavy (non-hydrogen) atoms. The van der Waals surface area contributed by atoms with E-state index in [4.69, 9.17) is 4.74 Å². The summed E-state index contributed by atoms with van der Waals surface area (Å²) in [6, 6.07) is 14.3. The van der Waals surface area contributed by atoms with Gasteiger partial charge in [0.15, 0.2) is 0 Å². The number of aromatic amines is 1. The standard InChI is InChI=1S/C19H14N4O3/c1-26-18(25)12-6-7-14-15(9-12)22-19(21-14)23-17(24)16-8-11-4-2-3-5-13(11)10-20-16/h2-10H,1H3,(H2,21,22,23,24). The summed E-state index contributed by atoms with van der Waals surface area (Å²) in [6.45, 7) is 0. The van der Waals surface area contributed by atoms with Gasteiger partial charge in [0.05, 0.1) is 23.7 Å². The monoisotopic (exact) mass is 346 g/mol. The molecule has 0 bridgehead atoms. The lowest BCUT2D eigenvalue weighted by Gasteiger charge is -2.03. The number of ether oxygens (including phenoxy) is 1. The number of H-pyrrole nitrogens is 1. The minimum Gasteiger partial charge on any atom is -0.465 e. The van der Waals surface area contributed by atoms with Gasteiger partial charge in [-0.15, -0.1) is 0 Å². The Morgan fingerprint density at radius 3 is 2.69 bits per heavy atom. The van der Waals surface area contributed by atoms with Crippen LogP contribution >= 0.6 is 0 Å². The van der Waals surface area contributed by atoms with Crippen molar-refractivity contribution >= 4 is 39.6 Å². The van der Waals surface area contributed by atoms with E-state index >= 15 is 0 Å². The fraction of sp³-hybridized carbons (Fsp3) is 0.0526. The SMILES string of the molecule is COC(=O)c1ccc2[nH]c(NC(=O)c3cc4ccccc4cn3)nc2c1. The first-order valence-corrected chi connectivity index (χ1v) is 7.88. The summed E-state index contributed by atoms with van der Waals surface area (Å²) in [4.78, 5) is 35.5. The lowest BCUT2D eigenvalue weighted by Crippen LogP contribution is -2.14. The minimum atomic E-state index is -0.444. The fourth-order valence-corrected chi connectivity index (χ4v) is 2.69. The van der Waals surface area contributed by atoms with E-state index in [9.17, 15) is 9.59 Å². The van der Waals surface area contributed by atoms with Crippen LogP contribution in [-0.4, -0.2) is 33.9 Å². The van der Waals surface area contributed by atoms with E-state index in [1.54, 1.807) is 30.5 Å². The largest absolute Gasteiger partial charge is 0.465 e. The van der Waals surface area contributed by atoms with Crippen LogP contribution in [0.2, 0.25) is 0 Å². The van der Waals surface area contributed by atoms with Gasteiger partial charge in [0, 0.05) is 11.6 Å². The Balaban J connectivity index is 1.61. The molecule has 0 aliphatic carbocycles. The van der Waals surface area contributed by atoms with Gasteiger partial charge in [-0.25, -0.2) is 9.78 Å². The zero-order valence-electron chi connectivity index (χ0n) is 13.8. The van der Waals surface area contributed by atoms with Crippen molar-refractivity contribution in [3.05, 3.63) is 66.0 Å². The normalized spacial score (nSPS) is 10.8. The molecule has 0 radical (unpaired) electrons. The maximum Gasteiger partial charge on any atom is 0.337 e. The van der Waals surface area contributed by atoms with Gasteiger partial charge in [-0.05, 0) is 29.7 Å². The predicted octanol–water partition coefficient (Wildman–Crippen LogP) is 3.15. The summed E-state index contributed by atoms with van der Waals surface area (Å²) >= 11 is 0. The molecule has 2 heterocycles. The Morgan fingerprint density at radius 1 is 1.08 bits per heavy atom. The van der Waals surface area contributed by atoms with Crippen LogP contribution in [0.15, 0.2) is 54.7 Å². The number of carbonyl (C=O) groups is 2. The van der Waals surface area contributed by atoms with Gasteiger partial charge in [-0.3, -0.25) is 15.1 Å². The first-order chi connectivity index (χ1) is 12.6. The van der Waals surface area contributed by atoms with E-state index in [0.29, 0.717) is 22.3 Å². The van der Waals surface area contributed by atoms with Crippen molar-refractivity contribution in [1.82, 2.24) is 15.0 Å². The number of benzene rings is 2. The molecular formula is C19H14N4O3. The van der Waals surface area contributed by atoms with E-state index in [-0.39, 0.29) is 11.9 Å². The third-order valence-electron chi connectivity index (χ3n) is 4.00. The molecule has 2 N–H and O–H groups in total. The number of imidazole rings is 1. The first kappa shape index (κ1) is 15.8. The highest BCUT2D eigenvalue weighted by Gasteiger charge is 2.13. The molecule has 4 rings (SSSR count). The number of anilines is 1. The van der Waals surface area contributed by atoms with Crippen LogP contribution in [0.1, 0.15) is 20.8 Å². The van der Waals surface area contributed by atoms with Gasteiger partial charge in [-0.2, -0.15) is 0 Å². The number of fused-ring (bicyclic) bond motifs is 2. The molecule has 7 nitrogen and oxygen atoms in total. The Bertz CT molecular complexity index is 1150. The Labute approximate surface area is 148 Å². The predicted molar refractivity (Wildman–Crippen MR) is 97.1 cm³/mol. The van der Waals surface area contributed by atoms with Crippen LogP contribution in [0.3, 0.4) is 0 Å². The molecule has 0 aliphatic heterocycles. The number of hydrogen-bond acceptors (Lipinski definition) is 5. The summed E-state index contributed by atoms with van der Waals surface area (Å²) in [6.07, 6.45) is 1.66. The maximum atomic E-state index is 12.4.